The van der Waals surface area contributed by atoms with Gasteiger partial charge in [-0.1, -0.05) is 33.3 Å². The van der Waals surface area contributed by atoms with Gasteiger partial charge in [0.25, 0.3) is 0 Å². The van der Waals surface area contributed by atoms with Crippen LogP contribution in [0, 0.1) is 0 Å². The lowest BCUT2D eigenvalue weighted by molar-refractivity contribution is -0.174. The van der Waals surface area contributed by atoms with E-state index in [1.807, 2.05) is 6.92 Å². The summed E-state index contributed by atoms with van der Waals surface area (Å²) in [4.78, 5) is 11.2. The van der Waals surface area contributed by atoms with Gasteiger partial charge in [-0.25, -0.2) is 4.79 Å². The Labute approximate surface area is 92.5 Å². The molecule has 0 aliphatic heterocycles. The molecule has 3 nitrogen and oxygen atoms in total. The van der Waals surface area contributed by atoms with Crippen LogP contribution in [-0.2, 0) is 14.3 Å². The van der Waals surface area contributed by atoms with Crippen molar-refractivity contribution in [3.63, 3.8) is 0 Å². The molecule has 0 rings (SSSR count). The Hall–Kier alpha value is -0.830. The first-order valence-electron chi connectivity index (χ1n) is 5.59. The van der Waals surface area contributed by atoms with Crippen molar-refractivity contribution in [3.8, 4) is 0 Å². The molecule has 0 saturated heterocycles. The summed E-state index contributed by atoms with van der Waals surface area (Å²) < 4.78 is 10.5. The van der Waals surface area contributed by atoms with Crippen LogP contribution in [0.4, 0.5) is 0 Å². The molecule has 0 saturated carbocycles. The number of hydrogen-bond acceptors (Lipinski definition) is 3. The summed E-state index contributed by atoms with van der Waals surface area (Å²) in [7, 11) is 0. The molecule has 0 N–H and O–H groups in total. The molecular weight excluding hydrogens is 192 g/mol. The molecule has 0 aromatic heterocycles. The van der Waals surface area contributed by atoms with E-state index in [9.17, 15) is 4.79 Å². The quantitative estimate of drug-likeness (QED) is 0.269. The molecule has 0 spiro atoms. The fraction of sp³-hybridized carbons (Fsp3) is 0.750. The van der Waals surface area contributed by atoms with Gasteiger partial charge in [-0.3, -0.25) is 0 Å². The van der Waals surface area contributed by atoms with Crippen LogP contribution in [0.3, 0.4) is 0 Å². The van der Waals surface area contributed by atoms with Crippen molar-refractivity contribution in [1.82, 2.24) is 0 Å². The highest BCUT2D eigenvalue weighted by molar-refractivity contribution is 5.86. The smallest absolute Gasteiger partial charge is 0.335 e. The lowest BCUT2D eigenvalue weighted by atomic mass is 10.3. The van der Waals surface area contributed by atoms with Crippen LogP contribution in [0.25, 0.3) is 0 Å². The Morgan fingerprint density at radius 2 is 2.00 bits per heavy atom. The summed E-state index contributed by atoms with van der Waals surface area (Å²) in [6.07, 6.45) is 3.56. The molecule has 0 amide bonds. The molecule has 1 unspecified atom stereocenters. The molecule has 15 heavy (non-hydrogen) atoms. The highest BCUT2D eigenvalue weighted by Crippen LogP contribution is 2.06. The van der Waals surface area contributed by atoms with Gasteiger partial charge in [0.2, 0.25) is 6.29 Å². The lowest BCUT2D eigenvalue weighted by Gasteiger charge is -2.16. The third-order valence-electron chi connectivity index (χ3n) is 1.97. The van der Waals surface area contributed by atoms with Gasteiger partial charge in [-0.05, 0) is 13.3 Å². The fourth-order valence-corrected chi connectivity index (χ4v) is 1.02. The Kier molecular flexibility index (Phi) is 8.01. The molecule has 0 bridgehead atoms. The first-order chi connectivity index (χ1) is 7.11. The van der Waals surface area contributed by atoms with Gasteiger partial charge in [0, 0.05) is 12.0 Å². The molecule has 88 valence electrons. The molecule has 0 aromatic rings. The highest BCUT2D eigenvalue weighted by atomic mass is 16.7. The summed E-state index contributed by atoms with van der Waals surface area (Å²) in [5.74, 6) is -0.377. The van der Waals surface area contributed by atoms with E-state index >= 15 is 0 Å². The van der Waals surface area contributed by atoms with Gasteiger partial charge in [0.1, 0.15) is 0 Å². The molecule has 1 atom stereocenters. The van der Waals surface area contributed by atoms with Gasteiger partial charge in [-0.15, -0.1) is 0 Å². The Bertz CT molecular complexity index is 199. The van der Waals surface area contributed by atoms with Crippen LogP contribution >= 0.6 is 0 Å². The zero-order valence-corrected chi connectivity index (χ0v) is 10.0. The van der Waals surface area contributed by atoms with E-state index in [1.54, 1.807) is 6.92 Å². The zero-order valence-electron chi connectivity index (χ0n) is 10.0. The van der Waals surface area contributed by atoms with Gasteiger partial charge in [0.15, 0.2) is 0 Å². The Balaban J connectivity index is 3.73. The van der Waals surface area contributed by atoms with Crippen molar-refractivity contribution in [2.75, 3.05) is 6.61 Å². The van der Waals surface area contributed by atoms with Crippen molar-refractivity contribution in [3.05, 3.63) is 12.2 Å². The largest absolute Gasteiger partial charge is 0.432 e. The second-order valence-electron chi connectivity index (χ2n) is 3.60. The first kappa shape index (κ1) is 14.2. The van der Waals surface area contributed by atoms with E-state index in [4.69, 9.17) is 9.47 Å². The molecule has 0 aliphatic rings. The zero-order chi connectivity index (χ0) is 11.7. The van der Waals surface area contributed by atoms with Crippen molar-refractivity contribution in [2.45, 2.75) is 52.7 Å². The molecule has 0 fully saturated rings. The van der Waals surface area contributed by atoms with E-state index in [-0.39, 0.29) is 5.97 Å². The van der Waals surface area contributed by atoms with E-state index in [2.05, 4.69) is 13.5 Å². The van der Waals surface area contributed by atoms with Crippen LogP contribution in [-0.4, -0.2) is 18.9 Å². The standard InChI is InChI=1S/C12H22O3/c1-5-7-8-9-14-11(6-2)15-12(13)10(3)4/h11H,3,5-9H2,1-2,4H3. The first-order valence-corrected chi connectivity index (χ1v) is 5.59. The average molecular weight is 214 g/mol. The number of esters is 1. The van der Waals surface area contributed by atoms with E-state index in [0.717, 1.165) is 19.3 Å². The summed E-state index contributed by atoms with van der Waals surface area (Å²) in [6.45, 7) is 9.87. The summed E-state index contributed by atoms with van der Waals surface area (Å²) >= 11 is 0. The monoisotopic (exact) mass is 214 g/mol. The topological polar surface area (TPSA) is 35.5 Å². The maximum atomic E-state index is 11.2. The second kappa shape index (κ2) is 8.48. The second-order valence-corrected chi connectivity index (χ2v) is 3.60. The van der Waals surface area contributed by atoms with Crippen LogP contribution in [0.2, 0.25) is 0 Å². The Morgan fingerprint density at radius 3 is 2.47 bits per heavy atom. The minimum atomic E-state index is -0.425. The summed E-state index contributed by atoms with van der Waals surface area (Å²) in [6, 6.07) is 0. The lowest BCUT2D eigenvalue weighted by Crippen LogP contribution is -2.21. The highest BCUT2D eigenvalue weighted by Gasteiger charge is 2.12. The Morgan fingerprint density at radius 1 is 1.33 bits per heavy atom. The van der Waals surface area contributed by atoms with E-state index in [1.165, 1.54) is 0 Å². The minimum Gasteiger partial charge on any atom is -0.432 e. The number of ether oxygens (including phenoxy) is 2. The predicted molar refractivity (Wildman–Crippen MR) is 60.5 cm³/mol. The normalized spacial score (nSPS) is 12.2. The minimum absolute atomic E-state index is 0.377. The van der Waals surface area contributed by atoms with Gasteiger partial charge < -0.3 is 9.47 Å². The van der Waals surface area contributed by atoms with Crippen LogP contribution in [0.15, 0.2) is 12.2 Å². The number of rotatable bonds is 8. The molecule has 3 heteroatoms. The number of carbonyl (C=O) groups excluding carboxylic acids is 1. The van der Waals surface area contributed by atoms with Crippen LogP contribution in [0.1, 0.15) is 46.5 Å². The maximum Gasteiger partial charge on any atom is 0.335 e. The molecule has 0 aliphatic carbocycles. The van der Waals surface area contributed by atoms with Gasteiger partial charge >= 0.3 is 5.97 Å². The molecule has 0 aromatic carbocycles. The van der Waals surface area contributed by atoms with Crippen LogP contribution in [0.5, 0.6) is 0 Å². The average Bonchev–Trinajstić information content (AvgIpc) is 2.22. The number of hydrogen-bond donors (Lipinski definition) is 0. The number of unbranched alkanes of at least 4 members (excludes halogenated alkanes) is 2. The van der Waals surface area contributed by atoms with E-state index < -0.39 is 6.29 Å². The van der Waals surface area contributed by atoms with Crippen molar-refractivity contribution < 1.29 is 14.3 Å². The number of carbonyl (C=O) groups is 1. The predicted octanol–water partition coefficient (Wildman–Crippen LogP) is 3.05. The molecule has 0 heterocycles. The van der Waals surface area contributed by atoms with E-state index in [0.29, 0.717) is 18.6 Å². The summed E-state index contributed by atoms with van der Waals surface area (Å²) in [5.41, 5.74) is 0.408. The fourth-order valence-electron chi connectivity index (χ4n) is 1.02. The van der Waals surface area contributed by atoms with Crippen LogP contribution < -0.4 is 0 Å². The van der Waals surface area contributed by atoms with Crippen molar-refractivity contribution in [2.24, 2.45) is 0 Å². The van der Waals surface area contributed by atoms with Crippen molar-refractivity contribution >= 4 is 5.97 Å². The van der Waals surface area contributed by atoms with Gasteiger partial charge in [-0.2, -0.15) is 0 Å². The maximum absolute atomic E-state index is 11.2. The molecule has 0 radical (unpaired) electrons. The summed E-state index contributed by atoms with van der Waals surface area (Å²) in [5, 5.41) is 0. The van der Waals surface area contributed by atoms with Crippen molar-refractivity contribution in [1.29, 1.82) is 0 Å². The van der Waals surface area contributed by atoms with Gasteiger partial charge in [0.05, 0.1) is 6.61 Å². The third-order valence-corrected chi connectivity index (χ3v) is 1.97. The third kappa shape index (κ3) is 7.14. The SMILES string of the molecule is C=C(C)C(=O)OC(CC)OCCCCC. The molecular formula is C12H22O3.